The first-order valence-corrected chi connectivity index (χ1v) is 15.2. The molecular formula is C35H27BrN4O4. The van der Waals surface area contributed by atoms with Crippen LogP contribution in [0.4, 0.5) is 11.4 Å². The molecule has 8 nitrogen and oxygen atoms in total. The van der Waals surface area contributed by atoms with Crippen LogP contribution in [0, 0.1) is 11.8 Å². The highest BCUT2D eigenvalue weighted by molar-refractivity contribution is 9.10. The normalized spacial score (nSPS) is 22.9. The second-order valence-corrected chi connectivity index (χ2v) is 12.1. The van der Waals surface area contributed by atoms with Gasteiger partial charge in [0.2, 0.25) is 11.8 Å². The van der Waals surface area contributed by atoms with E-state index in [-0.39, 0.29) is 17.7 Å². The molecule has 1 fully saturated rings. The van der Waals surface area contributed by atoms with Gasteiger partial charge in [-0.2, -0.15) is 5.10 Å². The van der Waals surface area contributed by atoms with E-state index in [1.54, 1.807) is 36.4 Å². The lowest BCUT2D eigenvalue weighted by Gasteiger charge is -2.52. The zero-order valence-electron chi connectivity index (χ0n) is 23.7. The van der Waals surface area contributed by atoms with E-state index in [2.05, 4.69) is 31.8 Å². The van der Waals surface area contributed by atoms with E-state index in [9.17, 15) is 19.2 Å². The van der Waals surface area contributed by atoms with Crippen molar-refractivity contribution >= 4 is 57.1 Å². The molecule has 2 bridgehead atoms. The van der Waals surface area contributed by atoms with Crippen LogP contribution < -0.4 is 15.6 Å². The van der Waals surface area contributed by atoms with Gasteiger partial charge in [-0.15, -0.1) is 0 Å². The van der Waals surface area contributed by atoms with Crippen molar-refractivity contribution in [2.75, 3.05) is 10.2 Å². The molecule has 1 aliphatic heterocycles. The van der Waals surface area contributed by atoms with Crippen molar-refractivity contribution in [2.45, 2.75) is 24.7 Å². The maximum Gasteiger partial charge on any atom is 0.329 e. The number of nitrogens with zero attached hydrogens (tertiary/aromatic N) is 2. The monoisotopic (exact) mass is 646 g/mol. The first kappa shape index (κ1) is 27.9. The molecule has 3 aliphatic carbocycles. The minimum absolute atomic E-state index is 0.272. The fourth-order valence-electron chi connectivity index (χ4n) is 7.15. The van der Waals surface area contributed by atoms with Crippen molar-refractivity contribution in [3.05, 3.63) is 129 Å². The number of rotatable bonds is 5. The summed E-state index contributed by atoms with van der Waals surface area (Å²) in [4.78, 5) is 55.4. The van der Waals surface area contributed by atoms with Gasteiger partial charge in [0, 0.05) is 22.3 Å². The lowest BCUT2D eigenvalue weighted by Crippen LogP contribution is -2.54. The number of hydrogen-bond acceptors (Lipinski definition) is 5. The zero-order chi connectivity index (χ0) is 30.6. The number of halogens is 1. The summed E-state index contributed by atoms with van der Waals surface area (Å²) in [5, 5.41) is 6.89. The summed E-state index contributed by atoms with van der Waals surface area (Å²) >= 11 is 3.43. The van der Waals surface area contributed by atoms with Crippen LogP contribution in [0.5, 0.6) is 0 Å². The maximum atomic E-state index is 14.4. The summed E-state index contributed by atoms with van der Waals surface area (Å²) in [5.41, 5.74) is 6.88. The number of imide groups is 1. The molecule has 8 rings (SSSR count). The van der Waals surface area contributed by atoms with Crippen LogP contribution in [0.1, 0.15) is 40.7 Å². The molecule has 4 aliphatic rings. The van der Waals surface area contributed by atoms with E-state index in [4.69, 9.17) is 0 Å². The predicted molar refractivity (Wildman–Crippen MR) is 170 cm³/mol. The van der Waals surface area contributed by atoms with Gasteiger partial charge in [0.15, 0.2) is 0 Å². The van der Waals surface area contributed by atoms with E-state index in [1.165, 1.54) is 11.1 Å². The van der Waals surface area contributed by atoms with Gasteiger partial charge in [-0.3, -0.25) is 19.2 Å². The van der Waals surface area contributed by atoms with Crippen LogP contribution in [0.3, 0.4) is 0 Å². The minimum Gasteiger partial charge on any atom is -0.318 e. The molecule has 0 aromatic heterocycles. The number of aryl methyl sites for hydroxylation is 1. The van der Waals surface area contributed by atoms with Crippen molar-refractivity contribution in [2.24, 2.45) is 16.9 Å². The highest BCUT2D eigenvalue weighted by atomic mass is 79.9. The Kier molecular flexibility index (Phi) is 6.77. The van der Waals surface area contributed by atoms with Gasteiger partial charge in [-0.25, -0.2) is 10.3 Å². The number of carbonyl (C=O) groups excluding carboxylic acids is 4. The fraction of sp³-hybridized carbons (Fsp3) is 0.171. The molecule has 0 radical (unpaired) electrons. The number of nitrogens with one attached hydrogen (secondary N) is 2. The van der Waals surface area contributed by atoms with Crippen molar-refractivity contribution in [1.29, 1.82) is 0 Å². The summed E-state index contributed by atoms with van der Waals surface area (Å²) in [6.45, 7) is 2.03. The molecule has 9 heteroatoms. The van der Waals surface area contributed by atoms with Gasteiger partial charge in [-0.05, 0) is 70.6 Å². The van der Waals surface area contributed by atoms with E-state index in [0.717, 1.165) is 38.7 Å². The molecule has 4 aromatic carbocycles. The van der Waals surface area contributed by atoms with Crippen LogP contribution in [0.15, 0.2) is 107 Å². The number of benzene rings is 4. The number of hydrogen-bond donors (Lipinski definition) is 2. The Bertz CT molecular complexity index is 1820. The Hall–Kier alpha value is -4.89. The Labute approximate surface area is 262 Å². The predicted octanol–water partition coefficient (Wildman–Crippen LogP) is 5.30. The first-order chi connectivity index (χ1) is 21.3. The summed E-state index contributed by atoms with van der Waals surface area (Å²) in [7, 11) is 0. The third-order valence-corrected chi connectivity index (χ3v) is 9.56. The van der Waals surface area contributed by atoms with Crippen LogP contribution in [-0.4, -0.2) is 29.8 Å². The van der Waals surface area contributed by atoms with Crippen LogP contribution in [-0.2, 0) is 31.0 Å². The molecule has 2 unspecified atom stereocenters. The molecule has 2 atom stereocenters. The molecule has 0 saturated carbocycles. The van der Waals surface area contributed by atoms with E-state index >= 15 is 0 Å². The number of anilines is 2. The minimum atomic E-state index is -1.16. The van der Waals surface area contributed by atoms with E-state index < -0.39 is 29.1 Å². The largest absolute Gasteiger partial charge is 0.329 e. The second-order valence-electron chi connectivity index (χ2n) is 11.2. The van der Waals surface area contributed by atoms with Gasteiger partial charge in [-0.1, -0.05) is 83.5 Å². The van der Waals surface area contributed by atoms with E-state index in [0.29, 0.717) is 11.4 Å². The van der Waals surface area contributed by atoms with Crippen LogP contribution >= 0.6 is 15.9 Å². The zero-order valence-corrected chi connectivity index (χ0v) is 25.2. The number of carbonyl (C=O) groups is 4. The average molecular weight is 648 g/mol. The lowest BCUT2D eigenvalue weighted by molar-refractivity contribution is -0.136. The van der Waals surface area contributed by atoms with Gasteiger partial charge in [0.25, 0.3) is 0 Å². The lowest BCUT2D eigenvalue weighted by atomic mass is 9.47. The second kappa shape index (κ2) is 10.7. The Morgan fingerprint density at radius 1 is 0.841 bits per heavy atom. The Morgan fingerprint density at radius 3 is 2.07 bits per heavy atom. The third-order valence-electron chi connectivity index (χ3n) is 9.03. The topological polar surface area (TPSA) is 108 Å². The summed E-state index contributed by atoms with van der Waals surface area (Å²) in [5.74, 6) is -4.23. The summed E-state index contributed by atoms with van der Waals surface area (Å²) in [6.07, 6.45) is 2.39. The highest BCUT2D eigenvalue weighted by Crippen LogP contribution is 2.63. The molecule has 218 valence electrons. The van der Waals surface area contributed by atoms with Crippen molar-refractivity contribution in [3.8, 4) is 0 Å². The summed E-state index contributed by atoms with van der Waals surface area (Å²) < 4.78 is 0.832. The van der Waals surface area contributed by atoms with Gasteiger partial charge in [0.1, 0.15) is 0 Å². The third kappa shape index (κ3) is 4.14. The van der Waals surface area contributed by atoms with Crippen LogP contribution in [0.2, 0.25) is 0 Å². The molecule has 4 amide bonds. The average Bonchev–Trinajstić information content (AvgIpc) is 3.32. The van der Waals surface area contributed by atoms with Gasteiger partial charge < -0.3 is 5.32 Å². The quantitative estimate of drug-likeness (QED) is 0.133. The molecule has 1 saturated heterocycles. The molecule has 1 heterocycles. The summed E-state index contributed by atoms with van der Waals surface area (Å²) in [6, 6.07) is 29.9. The molecule has 0 spiro atoms. The van der Waals surface area contributed by atoms with Gasteiger partial charge in [0.05, 0.1) is 22.9 Å². The Balaban J connectivity index is 1.28. The fourth-order valence-corrected chi connectivity index (χ4v) is 7.41. The first-order valence-electron chi connectivity index (χ1n) is 14.4. The highest BCUT2D eigenvalue weighted by Gasteiger charge is 2.68. The van der Waals surface area contributed by atoms with Crippen molar-refractivity contribution < 1.29 is 19.2 Å². The molecule has 4 aromatic rings. The van der Waals surface area contributed by atoms with Crippen molar-refractivity contribution in [3.63, 3.8) is 0 Å². The smallest absolute Gasteiger partial charge is 0.318 e. The Morgan fingerprint density at radius 2 is 1.45 bits per heavy atom. The van der Waals surface area contributed by atoms with Crippen LogP contribution in [0.25, 0.3) is 0 Å². The molecule has 2 N–H and O–H groups in total. The van der Waals surface area contributed by atoms with Gasteiger partial charge >= 0.3 is 11.8 Å². The molecular weight excluding hydrogens is 620 g/mol. The van der Waals surface area contributed by atoms with Crippen molar-refractivity contribution in [1.82, 2.24) is 5.43 Å². The SMILES string of the molecule is CCc1ccc(NC(=O)C(=O)NN=CC23c4ccccc4C(c4ccccc42)C2C(=O)N(c4ccc(Br)cc4)C(=O)C23)cc1. The maximum absolute atomic E-state index is 14.4. The van der Waals surface area contributed by atoms with E-state index in [1.807, 2.05) is 67.6 Å². The number of hydrazone groups is 1. The standard InChI is InChI=1S/C35H27BrN4O4/c1-2-20-11-15-22(16-12-20)38-31(41)32(42)39-37-19-35-26-9-5-3-7-24(26)28(25-8-4-6-10-27(25)35)29-30(35)34(44)40(33(29)43)23-17-13-21(36)14-18-23/h3-19,28-30H,2H2,1H3,(H,38,41)(H,39,42). The molecule has 44 heavy (non-hydrogen) atoms. The number of amides is 4.